The van der Waals surface area contributed by atoms with Crippen LogP contribution in [0.15, 0.2) is 12.3 Å². The SMILES string of the molecule is Cc1[nH]ncc1C=CCCBr. The first-order valence-electron chi connectivity index (χ1n) is 3.57. The van der Waals surface area contributed by atoms with Crippen molar-refractivity contribution < 1.29 is 0 Å². The van der Waals surface area contributed by atoms with Gasteiger partial charge in [-0.15, -0.1) is 0 Å². The van der Waals surface area contributed by atoms with Crippen molar-refractivity contribution in [2.75, 3.05) is 5.33 Å². The Labute approximate surface area is 74.8 Å². The Balaban J connectivity index is 2.56. The summed E-state index contributed by atoms with van der Waals surface area (Å²) < 4.78 is 0. The van der Waals surface area contributed by atoms with Crippen LogP contribution in [0.25, 0.3) is 6.08 Å². The molecule has 0 aliphatic rings. The average Bonchev–Trinajstić information content (AvgIpc) is 2.37. The molecule has 0 aliphatic heterocycles. The lowest BCUT2D eigenvalue weighted by Gasteiger charge is -1.86. The molecule has 0 aromatic carbocycles. The van der Waals surface area contributed by atoms with Gasteiger partial charge in [0.2, 0.25) is 0 Å². The van der Waals surface area contributed by atoms with Crippen molar-refractivity contribution >= 4 is 22.0 Å². The first-order valence-corrected chi connectivity index (χ1v) is 4.69. The molecule has 0 atom stereocenters. The fourth-order valence-corrected chi connectivity index (χ4v) is 1.07. The molecule has 2 nitrogen and oxygen atoms in total. The lowest BCUT2D eigenvalue weighted by molar-refractivity contribution is 1.05. The number of alkyl halides is 1. The monoisotopic (exact) mass is 214 g/mol. The number of nitrogens with one attached hydrogen (secondary N) is 1. The van der Waals surface area contributed by atoms with E-state index >= 15 is 0 Å². The molecule has 0 unspecified atom stereocenters. The minimum absolute atomic E-state index is 1.01. The highest BCUT2D eigenvalue weighted by atomic mass is 79.9. The molecular formula is C8H11BrN2. The van der Waals surface area contributed by atoms with Gasteiger partial charge in [-0.1, -0.05) is 28.1 Å². The Morgan fingerprint density at radius 3 is 3.09 bits per heavy atom. The topological polar surface area (TPSA) is 28.7 Å². The maximum atomic E-state index is 3.91. The first kappa shape index (κ1) is 8.53. The zero-order valence-electron chi connectivity index (χ0n) is 6.47. The average molecular weight is 215 g/mol. The minimum Gasteiger partial charge on any atom is -0.282 e. The molecule has 1 aromatic heterocycles. The number of hydrogen-bond donors (Lipinski definition) is 1. The molecule has 1 rings (SSSR count). The second-order valence-electron chi connectivity index (χ2n) is 2.33. The summed E-state index contributed by atoms with van der Waals surface area (Å²) in [5.74, 6) is 0. The molecule has 0 spiro atoms. The predicted octanol–water partition coefficient (Wildman–Crippen LogP) is 2.52. The third-order valence-electron chi connectivity index (χ3n) is 1.44. The standard InChI is InChI=1S/C8H11BrN2/c1-7-8(6-10-11-7)4-2-3-5-9/h2,4,6H,3,5H2,1H3,(H,10,11). The molecule has 0 amide bonds. The quantitative estimate of drug-likeness (QED) is 0.771. The molecule has 0 saturated carbocycles. The Hall–Kier alpha value is -0.570. The van der Waals surface area contributed by atoms with Crippen LogP contribution in [-0.4, -0.2) is 15.5 Å². The van der Waals surface area contributed by atoms with Gasteiger partial charge in [0.05, 0.1) is 6.20 Å². The number of aromatic nitrogens is 2. The van der Waals surface area contributed by atoms with Gasteiger partial charge in [-0.25, -0.2) is 0 Å². The highest BCUT2D eigenvalue weighted by molar-refractivity contribution is 9.09. The van der Waals surface area contributed by atoms with E-state index in [0.717, 1.165) is 17.4 Å². The molecule has 1 aromatic rings. The largest absolute Gasteiger partial charge is 0.282 e. The van der Waals surface area contributed by atoms with Crippen molar-refractivity contribution in [1.29, 1.82) is 0 Å². The van der Waals surface area contributed by atoms with Crippen molar-refractivity contribution in [3.63, 3.8) is 0 Å². The smallest absolute Gasteiger partial charge is 0.0562 e. The predicted molar refractivity (Wildman–Crippen MR) is 50.8 cm³/mol. The number of H-pyrrole nitrogens is 1. The Morgan fingerprint density at radius 2 is 2.55 bits per heavy atom. The summed E-state index contributed by atoms with van der Waals surface area (Å²) in [4.78, 5) is 0. The van der Waals surface area contributed by atoms with E-state index in [1.54, 1.807) is 0 Å². The van der Waals surface area contributed by atoms with E-state index in [1.165, 1.54) is 5.56 Å². The molecule has 11 heavy (non-hydrogen) atoms. The third kappa shape index (κ3) is 2.50. The summed E-state index contributed by atoms with van der Waals surface area (Å²) in [6, 6.07) is 0. The number of nitrogens with zero attached hydrogens (tertiary/aromatic N) is 1. The Kier molecular flexibility index (Phi) is 3.36. The third-order valence-corrected chi connectivity index (χ3v) is 1.90. The highest BCUT2D eigenvalue weighted by Gasteiger charge is 1.92. The van der Waals surface area contributed by atoms with Crippen LogP contribution in [0, 0.1) is 6.92 Å². The zero-order valence-corrected chi connectivity index (χ0v) is 8.06. The van der Waals surface area contributed by atoms with E-state index < -0.39 is 0 Å². The van der Waals surface area contributed by atoms with Crippen molar-refractivity contribution in [2.45, 2.75) is 13.3 Å². The van der Waals surface area contributed by atoms with E-state index in [-0.39, 0.29) is 0 Å². The van der Waals surface area contributed by atoms with Crippen LogP contribution < -0.4 is 0 Å². The van der Waals surface area contributed by atoms with Gasteiger partial charge in [-0.05, 0) is 13.3 Å². The lowest BCUT2D eigenvalue weighted by Crippen LogP contribution is -1.73. The Morgan fingerprint density at radius 1 is 1.73 bits per heavy atom. The summed E-state index contributed by atoms with van der Waals surface area (Å²) in [6.45, 7) is 2.01. The van der Waals surface area contributed by atoms with Crippen LogP contribution in [0.4, 0.5) is 0 Å². The van der Waals surface area contributed by atoms with Crippen molar-refractivity contribution in [1.82, 2.24) is 10.2 Å². The summed E-state index contributed by atoms with van der Waals surface area (Å²) in [7, 11) is 0. The van der Waals surface area contributed by atoms with Gasteiger partial charge in [0.25, 0.3) is 0 Å². The number of hydrogen-bond acceptors (Lipinski definition) is 1. The number of allylic oxidation sites excluding steroid dienone is 1. The zero-order chi connectivity index (χ0) is 8.10. The van der Waals surface area contributed by atoms with E-state index in [9.17, 15) is 0 Å². The van der Waals surface area contributed by atoms with Gasteiger partial charge in [0.1, 0.15) is 0 Å². The number of aryl methyl sites for hydroxylation is 1. The van der Waals surface area contributed by atoms with Gasteiger partial charge in [-0.2, -0.15) is 5.10 Å². The normalized spacial score (nSPS) is 11.1. The molecular weight excluding hydrogens is 204 g/mol. The first-order chi connectivity index (χ1) is 5.34. The van der Waals surface area contributed by atoms with Crippen LogP contribution in [0.1, 0.15) is 17.7 Å². The molecule has 0 radical (unpaired) electrons. The molecule has 60 valence electrons. The molecule has 0 bridgehead atoms. The van der Waals surface area contributed by atoms with Gasteiger partial charge in [0, 0.05) is 16.6 Å². The number of halogens is 1. The fraction of sp³-hybridized carbons (Fsp3) is 0.375. The van der Waals surface area contributed by atoms with Crippen molar-refractivity contribution in [3.8, 4) is 0 Å². The van der Waals surface area contributed by atoms with E-state index in [2.05, 4.69) is 38.3 Å². The van der Waals surface area contributed by atoms with Gasteiger partial charge < -0.3 is 0 Å². The highest BCUT2D eigenvalue weighted by Crippen LogP contribution is 2.05. The molecule has 0 saturated heterocycles. The van der Waals surface area contributed by atoms with E-state index in [4.69, 9.17) is 0 Å². The van der Waals surface area contributed by atoms with Crippen molar-refractivity contribution in [2.24, 2.45) is 0 Å². The molecule has 3 heteroatoms. The van der Waals surface area contributed by atoms with Gasteiger partial charge >= 0.3 is 0 Å². The van der Waals surface area contributed by atoms with Crippen LogP contribution in [-0.2, 0) is 0 Å². The van der Waals surface area contributed by atoms with Crippen LogP contribution in [0.2, 0.25) is 0 Å². The maximum Gasteiger partial charge on any atom is 0.0562 e. The number of rotatable bonds is 3. The molecule has 1 N–H and O–H groups in total. The second kappa shape index (κ2) is 4.34. The summed E-state index contributed by atoms with van der Waals surface area (Å²) >= 11 is 3.36. The molecule has 1 heterocycles. The fourth-order valence-electron chi connectivity index (χ4n) is 0.801. The second-order valence-corrected chi connectivity index (χ2v) is 3.12. The minimum atomic E-state index is 1.01. The summed E-state index contributed by atoms with van der Waals surface area (Å²) in [5.41, 5.74) is 2.29. The van der Waals surface area contributed by atoms with Crippen LogP contribution in [0.3, 0.4) is 0 Å². The van der Waals surface area contributed by atoms with E-state index in [1.807, 2.05) is 13.1 Å². The Bertz CT molecular complexity index is 240. The van der Waals surface area contributed by atoms with Crippen molar-refractivity contribution in [3.05, 3.63) is 23.5 Å². The summed E-state index contributed by atoms with van der Waals surface area (Å²) in [5, 5.41) is 7.81. The van der Waals surface area contributed by atoms with Crippen LogP contribution in [0.5, 0.6) is 0 Å². The molecule has 0 fully saturated rings. The summed E-state index contributed by atoms with van der Waals surface area (Å²) in [6.07, 6.45) is 7.11. The van der Waals surface area contributed by atoms with E-state index in [0.29, 0.717) is 0 Å². The van der Waals surface area contributed by atoms with Gasteiger partial charge in [0.15, 0.2) is 0 Å². The number of aromatic amines is 1. The van der Waals surface area contributed by atoms with Gasteiger partial charge in [-0.3, -0.25) is 5.10 Å². The van der Waals surface area contributed by atoms with Crippen LogP contribution >= 0.6 is 15.9 Å². The maximum absolute atomic E-state index is 3.91. The lowest BCUT2D eigenvalue weighted by atomic mass is 10.2. The molecule has 0 aliphatic carbocycles.